The SMILES string of the molecule is CCC1CCCCC1NS(=O)(=O)Cc1cccc(N)c1. The molecule has 0 aliphatic heterocycles. The van der Waals surface area contributed by atoms with E-state index in [4.69, 9.17) is 5.73 Å². The highest BCUT2D eigenvalue weighted by Gasteiger charge is 2.27. The molecule has 0 spiro atoms. The van der Waals surface area contributed by atoms with Gasteiger partial charge in [-0.15, -0.1) is 0 Å². The number of nitrogens with two attached hydrogens (primary N) is 1. The van der Waals surface area contributed by atoms with Crippen molar-refractivity contribution in [2.45, 2.75) is 50.8 Å². The van der Waals surface area contributed by atoms with Crippen LogP contribution in [0.4, 0.5) is 5.69 Å². The lowest BCUT2D eigenvalue weighted by Gasteiger charge is -2.31. The number of hydrogen-bond acceptors (Lipinski definition) is 3. The number of sulfonamides is 1. The first-order valence-electron chi connectivity index (χ1n) is 7.34. The van der Waals surface area contributed by atoms with E-state index < -0.39 is 10.0 Å². The van der Waals surface area contributed by atoms with Gasteiger partial charge in [0.2, 0.25) is 10.0 Å². The van der Waals surface area contributed by atoms with Gasteiger partial charge in [0.25, 0.3) is 0 Å². The Balaban J connectivity index is 2.03. The Labute approximate surface area is 121 Å². The van der Waals surface area contributed by atoms with Crippen LogP contribution >= 0.6 is 0 Å². The molecule has 4 nitrogen and oxygen atoms in total. The molecule has 2 unspecified atom stereocenters. The highest BCUT2D eigenvalue weighted by molar-refractivity contribution is 7.88. The lowest BCUT2D eigenvalue weighted by molar-refractivity contribution is 0.282. The van der Waals surface area contributed by atoms with Gasteiger partial charge < -0.3 is 5.73 Å². The van der Waals surface area contributed by atoms with Crippen LogP contribution < -0.4 is 10.5 Å². The maximum Gasteiger partial charge on any atom is 0.216 e. The van der Waals surface area contributed by atoms with Crippen LogP contribution in [0.5, 0.6) is 0 Å². The molecule has 112 valence electrons. The molecule has 5 heteroatoms. The molecular formula is C15H24N2O2S. The summed E-state index contributed by atoms with van der Waals surface area (Å²) >= 11 is 0. The van der Waals surface area contributed by atoms with E-state index in [9.17, 15) is 8.42 Å². The first-order valence-corrected chi connectivity index (χ1v) is 9.00. The fraction of sp³-hybridized carbons (Fsp3) is 0.600. The zero-order valence-electron chi connectivity index (χ0n) is 12.0. The Morgan fingerprint density at radius 1 is 1.30 bits per heavy atom. The van der Waals surface area contributed by atoms with Gasteiger partial charge in [-0.2, -0.15) is 0 Å². The van der Waals surface area contributed by atoms with Crippen LogP contribution in [0.2, 0.25) is 0 Å². The first-order chi connectivity index (χ1) is 9.50. The average molecular weight is 296 g/mol. The lowest BCUT2D eigenvalue weighted by atomic mass is 9.83. The van der Waals surface area contributed by atoms with Gasteiger partial charge >= 0.3 is 0 Å². The molecule has 0 saturated heterocycles. The van der Waals surface area contributed by atoms with Crippen molar-refractivity contribution in [2.24, 2.45) is 5.92 Å². The number of nitrogen functional groups attached to an aromatic ring is 1. The molecule has 2 atom stereocenters. The van der Waals surface area contributed by atoms with E-state index in [1.807, 2.05) is 0 Å². The van der Waals surface area contributed by atoms with Gasteiger partial charge in [0, 0.05) is 11.7 Å². The smallest absolute Gasteiger partial charge is 0.216 e. The highest BCUT2D eigenvalue weighted by Crippen LogP contribution is 2.27. The van der Waals surface area contributed by atoms with E-state index in [-0.39, 0.29) is 11.8 Å². The van der Waals surface area contributed by atoms with Crippen molar-refractivity contribution in [2.75, 3.05) is 5.73 Å². The second kappa shape index (κ2) is 6.59. The Morgan fingerprint density at radius 3 is 2.75 bits per heavy atom. The fourth-order valence-electron chi connectivity index (χ4n) is 3.03. The summed E-state index contributed by atoms with van der Waals surface area (Å²) in [5, 5.41) is 0. The van der Waals surface area contributed by atoms with Gasteiger partial charge in [0.1, 0.15) is 0 Å². The van der Waals surface area contributed by atoms with Crippen LogP contribution in [-0.4, -0.2) is 14.5 Å². The molecule has 1 aliphatic carbocycles. The Hall–Kier alpha value is -1.07. The molecule has 0 amide bonds. The molecule has 1 fully saturated rings. The van der Waals surface area contributed by atoms with Crippen molar-refractivity contribution in [3.63, 3.8) is 0 Å². The van der Waals surface area contributed by atoms with Crippen molar-refractivity contribution in [3.8, 4) is 0 Å². The maximum atomic E-state index is 12.3. The molecule has 0 radical (unpaired) electrons. The molecule has 0 aromatic heterocycles. The molecule has 20 heavy (non-hydrogen) atoms. The summed E-state index contributed by atoms with van der Waals surface area (Å²) in [5.41, 5.74) is 7.03. The Bertz CT molecular complexity index is 543. The highest BCUT2D eigenvalue weighted by atomic mass is 32.2. The third-order valence-electron chi connectivity index (χ3n) is 4.07. The monoisotopic (exact) mass is 296 g/mol. The third kappa shape index (κ3) is 4.21. The van der Waals surface area contributed by atoms with Gasteiger partial charge in [-0.1, -0.05) is 38.3 Å². The molecule has 1 aromatic carbocycles. The molecule has 1 saturated carbocycles. The summed E-state index contributed by atoms with van der Waals surface area (Å²) in [6, 6.07) is 7.17. The summed E-state index contributed by atoms with van der Waals surface area (Å²) in [7, 11) is -3.30. The van der Waals surface area contributed by atoms with Crippen molar-refractivity contribution < 1.29 is 8.42 Å². The predicted molar refractivity (Wildman–Crippen MR) is 82.7 cm³/mol. The normalized spacial score (nSPS) is 23.6. The van der Waals surface area contributed by atoms with Crippen LogP contribution in [0.1, 0.15) is 44.6 Å². The molecule has 1 aliphatic rings. The molecule has 3 N–H and O–H groups in total. The summed E-state index contributed by atoms with van der Waals surface area (Å²) in [6.07, 6.45) is 5.44. The quantitative estimate of drug-likeness (QED) is 0.821. The number of rotatable bonds is 5. The van der Waals surface area contributed by atoms with Crippen LogP contribution in [-0.2, 0) is 15.8 Å². The molecular weight excluding hydrogens is 272 g/mol. The van der Waals surface area contributed by atoms with E-state index in [0.29, 0.717) is 11.6 Å². The Kier molecular flexibility index (Phi) is 5.05. The number of hydrogen-bond donors (Lipinski definition) is 2. The first kappa shape index (κ1) is 15.3. The summed E-state index contributed by atoms with van der Waals surface area (Å²) < 4.78 is 27.5. The topological polar surface area (TPSA) is 72.2 Å². The minimum atomic E-state index is -3.30. The standard InChI is InChI=1S/C15H24N2O2S/c1-2-13-7-3-4-9-15(13)17-20(18,19)11-12-6-5-8-14(16)10-12/h5-6,8,10,13,15,17H,2-4,7,9,11,16H2,1H3. The van der Waals surface area contributed by atoms with E-state index in [1.165, 1.54) is 6.42 Å². The lowest BCUT2D eigenvalue weighted by Crippen LogP contribution is -2.42. The van der Waals surface area contributed by atoms with Gasteiger partial charge in [0.05, 0.1) is 5.75 Å². The predicted octanol–water partition coefficient (Wildman–Crippen LogP) is 2.66. The summed E-state index contributed by atoms with van der Waals surface area (Å²) in [5.74, 6) is 0.477. The molecule has 0 bridgehead atoms. The van der Waals surface area contributed by atoms with Crippen LogP contribution in [0.15, 0.2) is 24.3 Å². The van der Waals surface area contributed by atoms with E-state index in [1.54, 1.807) is 24.3 Å². The second-order valence-corrected chi connectivity index (χ2v) is 7.44. The second-order valence-electron chi connectivity index (χ2n) is 5.68. The zero-order chi connectivity index (χ0) is 14.6. The molecule has 1 aromatic rings. The van der Waals surface area contributed by atoms with Gasteiger partial charge in [-0.05, 0) is 36.5 Å². The average Bonchev–Trinajstić information content (AvgIpc) is 2.38. The largest absolute Gasteiger partial charge is 0.399 e. The van der Waals surface area contributed by atoms with Crippen LogP contribution in [0.25, 0.3) is 0 Å². The summed E-state index contributed by atoms with van der Waals surface area (Å²) in [4.78, 5) is 0. The van der Waals surface area contributed by atoms with Crippen molar-refractivity contribution in [3.05, 3.63) is 29.8 Å². The van der Waals surface area contributed by atoms with Crippen molar-refractivity contribution in [1.82, 2.24) is 4.72 Å². The number of anilines is 1. The minimum absolute atomic E-state index is 0.00493. The maximum absolute atomic E-state index is 12.3. The van der Waals surface area contributed by atoms with Gasteiger partial charge in [-0.3, -0.25) is 0 Å². The van der Waals surface area contributed by atoms with E-state index in [0.717, 1.165) is 31.2 Å². The fourth-order valence-corrected chi connectivity index (χ4v) is 4.50. The van der Waals surface area contributed by atoms with Crippen LogP contribution in [0.3, 0.4) is 0 Å². The Morgan fingerprint density at radius 2 is 2.05 bits per heavy atom. The van der Waals surface area contributed by atoms with Gasteiger partial charge in [0.15, 0.2) is 0 Å². The number of benzene rings is 1. The zero-order valence-corrected chi connectivity index (χ0v) is 12.8. The number of nitrogens with one attached hydrogen (secondary N) is 1. The van der Waals surface area contributed by atoms with Crippen molar-refractivity contribution >= 4 is 15.7 Å². The van der Waals surface area contributed by atoms with Crippen molar-refractivity contribution in [1.29, 1.82) is 0 Å². The van der Waals surface area contributed by atoms with Gasteiger partial charge in [-0.25, -0.2) is 13.1 Å². The van der Waals surface area contributed by atoms with E-state index in [2.05, 4.69) is 11.6 Å². The molecule has 0 heterocycles. The van der Waals surface area contributed by atoms with Crippen LogP contribution in [0, 0.1) is 5.92 Å². The summed E-state index contributed by atoms with van der Waals surface area (Å²) in [6.45, 7) is 2.13. The minimum Gasteiger partial charge on any atom is -0.399 e. The molecule has 2 rings (SSSR count). The van der Waals surface area contributed by atoms with E-state index >= 15 is 0 Å². The third-order valence-corrected chi connectivity index (χ3v) is 5.45.